The highest BCUT2D eigenvalue weighted by Gasteiger charge is 2.15. The summed E-state index contributed by atoms with van der Waals surface area (Å²) in [6.07, 6.45) is 5.78. The van der Waals surface area contributed by atoms with E-state index in [1.54, 1.807) is 13.0 Å². The number of carbonyl (C=O) groups excluding carboxylic acids is 2. The fraction of sp³-hybridized carbons (Fsp3) is 0.714. The summed E-state index contributed by atoms with van der Waals surface area (Å²) < 4.78 is 4.59. The maximum Gasteiger partial charge on any atom is 0.333 e. The van der Waals surface area contributed by atoms with Gasteiger partial charge in [0.05, 0.1) is 7.11 Å². The summed E-state index contributed by atoms with van der Waals surface area (Å²) in [7, 11) is 1.37. The van der Waals surface area contributed by atoms with Gasteiger partial charge in [-0.15, -0.1) is 0 Å². The zero-order chi connectivity index (χ0) is 14.1. The van der Waals surface area contributed by atoms with Crippen LogP contribution in [0.4, 0.5) is 0 Å². The van der Waals surface area contributed by atoms with Gasteiger partial charge in [0.15, 0.2) is 0 Å². The Labute approximate surface area is 115 Å². The fourth-order valence-electron chi connectivity index (χ4n) is 2.07. The molecule has 1 aliphatic rings. The van der Waals surface area contributed by atoms with E-state index in [4.69, 9.17) is 0 Å². The number of methoxy groups -OCH3 is 1. The standard InChI is InChI=1S/C14H24N2O3/c1-12(14(18)19-2)6-8-15-9-7-13(17)16-10-4-3-5-11-16/h6,15H,3-5,7-11H2,1-2H3. The molecule has 5 heteroatoms. The fourth-order valence-corrected chi connectivity index (χ4v) is 2.07. The van der Waals surface area contributed by atoms with Crippen molar-refractivity contribution in [2.45, 2.75) is 32.6 Å². The Hall–Kier alpha value is -1.36. The predicted molar refractivity (Wildman–Crippen MR) is 73.7 cm³/mol. The molecule has 5 nitrogen and oxygen atoms in total. The first kappa shape index (κ1) is 15.7. The van der Waals surface area contributed by atoms with Gasteiger partial charge < -0.3 is 15.0 Å². The van der Waals surface area contributed by atoms with Crippen LogP contribution in [0.1, 0.15) is 32.6 Å². The molecule has 0 aromatic carbocycles. The molecule has 0 aliphatic carbocycles. The molecule has 19 heavy (non-hydrogen) atoms. The van der Waals surface area contributed by atoms with Crippen molar-refractivity contribution in [1.82, 2.24) is 10.2 Å². The second-order valence-electron chi connectivity index (χ2n) is 4.77. The van der Waals surface area contributed by atoms with Gasteiger partial charge in [0.25, 0.3) is 0 Å². The molecule has 0 aromatic heterocycles. The molecule has 1 fully saturated rings. The molecule has 0 saturated carbocycles. The molecule has 1 aliphatic heterocycles. The number of rotatable bonds is 6. The number of hydrogen-bond acceptors (Lipinski definition) is 4. The third-order valence-corrected chi connectivity index (χ3v) is 3.28. The number of esters is 1. The van der Waals surface area contributed by atoms with Crippen LogP contribution in [0.3, 0.4) is 0 Å². The van der Waals surface area contributed by atoms with E-state index in [2.05, 4.69) is 10.1 Å². The van der Waals surface area contributed by atoms with E-state index in [-0.39, 0.29) is 11.9 Å². The van der Waals surface area contributed by atoms with Crippen LogP contribution >= 0.6 is 0 Å². The second kappa shape index (κ2) is 8.69. The van der Waals surface area contributed by atoms with Crippen molar-refractivity contribution in [3.05, 3.63) is 11.6 Å². The van der Waals surface area contributed by atoms with Gasteiger partial charge in [0.1, 0.15) is 0 Å². The average molecular weight is 268 g/mol. The Kier molecular flexibility index (Phi) is 7.18. The van der Waals surface area contributed by atoms with Crippen molar-refractivity contribution in [2.75, 3.05) is 33.3 Å². The molecule has 0 unspecified atom stereocenters. The van der Waals surface area contributed by atoms with Gasteiger partial charge in [-0.1, -0.05) is 6.08 Å². The van der Waals surface area contributed by atoms with Gasteiger partial charge in [-0.3, -0.25) is 4.79 Å². The van der Waals surface area contributed by atoms with Crippen LogP contribution in [-0.4, -0.2) is 50.1 Å². The van der Waals surface area contributed by atoms with Crippen LogP contribution < -0.4 is 5.32 Å². The SMILES string of the molecule is COC(=O)C(C)=CCNCCC(=O)N1CCCCC1. The lowest BCUT2D eigenvalue weighted by Gasteiger charge is -2.26. The summed E-state index contributed by atoms with van der Waals surface area (Å²) in [5, 5.41) is 3.13. The van der Waals surface area contributed by atoms with E-state index in [1.165, 1.54) is 13.5 Å². The first-order valence-corrected chi connectivity index (χ1v) is 6.88. The summed E-state index contributed by atoms with van der Waals surface area (Å²) in [6, 6.07) is 0. The van der Waals surface area contributed by atoms with Crippen molar-refractivity contribution in [3.8, 4) is 0 Å². The lowest BCUT2D eigenvalue weighted by Crippen LogP contribution is -2.37. The predicted octanol–water partition coefficient (Wildman–Crippen LogP) is 1.10. The van der Waals surface area contributed by atoms with Gasteiger partial charge in [-0.2, -0.15) is 0 Å². The van der Waals surface area contributed by atoms with E-state index in [9.17, 15) is 9.59 Å². The number of likely N-dealkylation sites (tertiary alicyclic amines) is 1. The third-order valence-electron chi connectivity index (χ3n) is 3.28. The molecular formula is C14H24N2O3. The Bertz CT molecular complexity index is 334. The molecule has 1 amide bonds. The minimum absolute atomic E-state index is 0.223. The van der Waals surface area contributed by atoms with E-state index >= 15 is 0 Å². The first-order chi connectivity index (χ1) is 9.15. The summed E-state index contributed by atoms with van der Waals surface area (Å²) in [5.41, 5.74) is 0.581. The molecule has 0 aromatic rings. The van der Waals surface area contributed by atoms with Crippen molar-refractivity contribution in [1.29, 1.82) is 0 Å². The lowest BCUT2D eigenvalue weighted by atomic mass is 10.1. The number of piperidine rings is 1. The lowest BCUT2D eigenvalue weighted by molar-refractivity contribution is -0.136. The molecule has 0 radical (unpaired) electrons. The Morgan fingerprint density at radius 2 is 1.95 bits per heavy atom. The van der Waals surface area contributed by atoms with Gasteiger partial charge in [0.2, 0.25) is 5.91 Å². The molecule has 1 rings (SSSR count). The normalized spacial score (nSPS) is 16.3. The average Bonchev–Trinajstić information content (AvgIpc) is 2.46. The topological polar surface area (TPSA) is 58.6 Å². The van der Waals surface area contributed by atoms with Crippen LogP contribution in [0, 0.1) is 0 Å². The highest BCUT2D eigenvalue weighted by Crippen LogP contribution is 2.09. The number of carbonyl (C=O) groups is 2. The van der Waals surface area contributed by atoms with E-state index in [0.717, 1.165) is 25.9 Å². The van der Waals surface area contributed by atoms with Crippen molar-refractivity contribution in [3.63, 3.8) is 0 Å². The molecule has 1 N–H and O–H groups in total. The summed E-state index contributed by atoms with van der Waals surface area (Å²) in [5.74, 6) is -0.0907. The zero-order valence-electron chi connectivity index (χ0n) is 11.9. The maximum atomic E-state index is 11.8. The van der Waals surface area contributed by atoms with Crippen LogP contribution in [0.15, 0.2) is 11.6 Å². The Balaban J connectivity index is 2.13. The molecule has 0 atom stereocenters. The van der Waals surface area contributed by atoms with E-state index in [1.807, 2.05) is 4.90 Å². The van der Waals surface area contributed by atoms with Gasteiger partial charge in [-0.25, -0.2) is 4.79 Å². The number of ether oxygens (including phenoxy) is 1. The van der Waals surface area contributed by atoms with Crippen molar-refractivity contribution in [2.24, 2.45) is 0 Å². The molecule has 1 heterocycles. The summed E-state index contributed by atoms with van der Waals surface area (Å²) in [6.45, 7) is 4.74. The maximum absolute atomic E-state index is 11.8. The van der Waals surface area contributed by atoms with Crippen LogP contribution in [0.2, 0.25) is 0 Å². The Morgan fingerprint density at radius 1 is 1.26 bits per heavy atom. The van der Waals surface area contributed by atoms with E-state index in [0.29, 0.717) is 25.1 Å². The highest BCUT2D eigenvalue weighted by atomic mass is 16.5. The number of nitrogens with one attached hydrogen (secondary N) is 1. The van der Waals surface area contributed by atoms with Crippen LogP contribution in [-0.2, 0) is 14.3 Å². The minimum atomic E-state index is -0.314. The molecule has 1 saturated heterocycles. The third kappa shape index (κ3) is 5.87. The Morgan fingerprint density at radius 3 is 2.58 bits per heavy atom. The van der Waals surface area contributed by atoms with Crippen LogP contribution in [0.25, 0.3) is 0 Å². The minimum Gasteiger partial charge on any atom is -0.466 e. The molecule has 0 spiro atoms. The molecule has 108 valence electrons. The van der Waals surface area contributed by atoms with Crippen molar-refractivity contribution < 1.29 is 14.3 Å². The van der Waals surface area contributed by atoms with Crippen LogP contribution in [0.5, 0.6) is 0 Å². The zero-order valence-corrected chi connectivity index (χ0v) is 11.9. The first-order valence-electron chi connectivity index (χ1n) is 6.88. The summed E-state index contributed by atoms with van der Waals surface area (Å²) >= 11 is 0. The number of hydrogen-bond donors (Lipinski definition) is 1. The molecular weight excluding hydrogens is 244 g/mol. The summed E-state index contributed by atoms with van der Waals surface area (Å²) in [4.78, 5) is 24.9. The largest absolute Gasteiger partial charge is 0.466 e. The number of amides is 1. The highest BCUT2D eigenvalue weighted by molar-refractivity contribution is 5.87. The van der Waals surface area contributed by atoms with E-state index < -0.39 is 0 Å². The second-order valence-corrected chi connectivity index (χ2v) is 4.77. The molecule has 0 bridgehead atoms. The van der Waals surface area contributed by atoms with Gasteiger partial charge in [0, 0.05) is 38.2 Å². The van der Waals surface area contributed by atoms with Gasteiger partial charge >= 0.3 is 5.97 Å². The van der Waals surface area contributed by atoms with Gasteiger partial charge in [-0.05, 0) is 26.2 Å². The monoisotopic (exact) mass is 268 g/mol. The quantitative estimate of drug-likeness (QED) is 0.445. The smallest absolute Gasteiger partial charge is 0.333 e. The van der Waals surface area contributed by atoms with Crippen molar-refractivity contribution >= 4 is 11.9 Å². The number of nitrogens with zero attached hydrogens (tertiary/aromatic N) is 1.